The van der Waals surface area contributed by atoms with Gasteiger partial charge in [0, 0.05) is 30.9 Å². The van der Waals surface area contributed by atoms with Crippen LogP contribution in [0, 0.1) is 0 Å². The van der Waals surface area contributed by atoms with E-state index >= 15 is 0 Å². The molecule has 4 heteroatoms. The van der Waals surface area contributed by atoms with Gasteiger partial charge in [-0.05, 0) is 63.5 Å². The number of pyridine rings is 1. The molecule has 0 spiro atoms. The summed E-state index contributed by atoms with van der Waals surface area (Å²) >= 11 is 0. The van der Waals surface area contributed by atoms with Gasteiger partial charge in [-0.2, -0.15) is 0 Å². The Morgan fingerprint density at radius 2 is 2.05 bits per heavy atom. The number of hydrogen-bond donors (Lipinski definition) is 2. The van der Waals surface area contributed by atoms with Crippen LogP contribution in [0.4, 0.5) is 5.82 Å². The maximum absolute atomic E-state index is 10.3. The molecule has 1 unspecified atom stereocenters. The van der Waals surface area contributed by atoms with Gasteiger partial charge in [0.05, 0.1) is 5.60 Å². The first kappa shape index (κ1) is 14.8. The summed E-state index contributed by atoms with van der Waals surface area (Å²) in [5.41, 5.74) is 9.26. The summed E-state index contributed by atoms with van der Waals surface area (Å²) in [5.74, 6) is 1.07. The molecule has 3 N–H and O–H groups in total. The third kappa shape index (κ3) is 3.22. The van der Waals surface area contributed by atoms with Crippen LogP contribution >= 0.6 is 0 Å². The molecule has 1 aliphatic carbocycles. The van der Waals surface area contributed by atoms with E-state index < -0.39 is 5.60 Å². The summed E-state index contributed by atoms with van der Waals surface area (Å²) in [5, 5.41) is 10.3. The number of aryl methyl sites for hydroxylation is 2. The number of rotatable bonds is 2. The lowest BCUT2D eigenvalue weighted by atomic mass is 9.94. The van der Waals surface area contributed by atoms with Crippen LogP contribution in [0.25, 0.3) is 0 Å². The fourth-order valence-corrected chi connectivity index (χ4v) is 3.57. The fraction of sp³-hybridized carbons (Fsp3) is 0.706. The predicted octanol–water partition coefficient (Wildman–Crippen LogP) is 2.16. The number of nitrogens with two attached hydrogens (primary N) is 1. The lowest BCUT2D eigenvalue weighted by Gasteiger charge is -2.27. The van der Waals surface area contributed by atoms with Gasteiger partial charge in [-0.3, -0.25) is 0 Å². The van der Waals surface area contributed by atoms with Crippen molar-refractivity contribution in [3.8, 4) is 0 Å². The number of nitrogens with zero attached hydrogens (tertiary/aromatic N) is 2. The van der Waals surface area contributed by atoms with Crippen LogP contribution < -0.4 is 10.6 Å². The Balaban J connectivity index is 1.90. The minimum Gasteiger partial charge on any atom is -0.390 e. The molecule has 0 amide bonds. The van der Waals surface area contributed by atoms with E-state index in [-0.39, 0.29) is 0 Å². The smallest absolute Gasteiger partial charge is 0.133 e. The van der Waals surface area contributed by atoms with Crippen molar-refractivity contribution in [2.45, 2.75) is 64.0 Å². The van der Waals surface area contributed by atoms with Crippen molar-refractivity contribution < 1.29 is 5.11 Å². The SMILES string of the molecule is CC1(O)CCCN(c2nc3c(cc2CN)CCCC3)CC1. The zero-order valence-electron chi connectivity index (χ0n) is 13.1. The van der Waals surface area contributed by atoms with Crippen LogP contribution in [-0.2, 0) is 19.4 Å². The molecule has 0 radical (unpaired) electrons. The fourth-order valence-electron chi connectivity index (χ4n) is 3.57. The second kappa shape index (κ2) is 5.93. The number of hydrogen-bond acceptors (Lipinski definition) is 4. The van der Waals surface area contributed by atoms with Crippen LogP contribution in [0.15, 0.2) is 6.07 Å². The van der Waals surface area contributed by atoms with Gasteiger partial charge >= 0.3 is 0 Å². The molecule has 2 aliphatic rings. The van der Waals surface area contributed by atoms with Crippen LogP contribution in [-0.4, -0.2) is 28.8 Å². The normalized spacial score (nSPS) is 26.3. The van der Waals surface area contributed by atoms with Crippen molar-refractivity contribution in [1.29, 1.82) is 0 Å². The molecule has 116 valence electrons. The maximum Gasteiger partial charge on any atom is 0.133 e. The second-order valence-corrected chi connectivity index (χ2v) is 6.83. The van der Waals surface area contributed by atoms with Crippen LogP contribution in [0.2, 0.25) is 0 Å². The van der Waals surface area contributed by atoms with E-state index in [9.17, 15) is 5.11 Å². The number of fused-ring (bicyclic) bond motifs is 1. The highest BCUT2D eigenvalue weighted by Gasteiger charge is 2.27. The highest BCUT2D eigenvalue weighted by atomic mass is 16.3. The Hall–Kier alpha value is -1.13. The summed E-state index contributed by atoms with van der Waals surface area (Å²) < 4.78 is 0. The Morgan fingerprint density at radius 1 is 1.24 bits per heavy atom. The predicted molar refractivity (Wildman–Crippen MR) is 85.5 cm³/mol. The highest BCUT2D eigenvalue weighted by molar-refractivity contribution is 5.50. The molecule has 1 atom stereocenters. The molecule has 2 heterocycles. The number of aromatic nitrogens is 1. The first-order valence-corrected chi connectivity index (χ1v) is 8.28. The zero-order valence-corrected chi connectivity index (χ0v) is 13.1. The van der Waals surface area contributed by atoms with Crippen molar-refractivity contribution in [2.75, 3.05) is 18.0 Å². The molecule has 0 bridgehead atoms. The number of anilines is 1. The van der Waals surface area contributed by atoms with Gasteiger partial charge in [0.2, 0.25) is 0 Å². The molecule has 1 saturated heterocycles. The first-order valence-electron chi connectivity index (χ1n) is 8.28. The summed E-state index contributed by atoms with van der Waals surface area (Å²) in [7, 11) is 0. The van der Waals surface area contributed by atoms with E-state index in [1.165, 1.54) is 24.1 Å². The van der Waals surface area contributed by atoms with E-state index in [2.05, 4.69) is 11.0 Å². The molecule has 1 aromatic heterocycles. The van der Waals surface area contributed by atoms with Gasteiger partial charge < -0.3 is 15.7 Å². The molecule has 0 aromatic carbocycles. The van der Waals surface area contributed by atoms with Crippen LogP contribution in [0.1, 0.15) is 55.8 Å². The van der Waals surface area contributed by atoms with Crippen molar-refractivity contribution in [2.24, 2.45) is 5.73 Å². The van der Waals surface area contributed by atoms with Crippen molar-refractivity contribution in [3.05, 3.63) is 22.9 Å². The van der Waals surface area contributed by atoms with E-state index in [1.807, 2.05) is 6.92 Å². The summed E-state index contributed by atoms with van der Waals surface area (Å²) in [6.07, 6.45) is 7.43. The maximum atomic E-state index is 10.3. The van der Waals surface area contributed by atoms with Crippen LogP contribution in [0.3, 0.4) is 0 Å². The Kier molecular flexibility index (Phi) is 4.18. The molecular formula is C17H27N3O. The first-order chi connectivity index (χ1) is 10.1. The summed E-state index contributed by atoms with van der Waals surface area (Å²) in [6, 6.07) is 2.28. The van der Waals surface area contributed by atoms with Crippen molar-refractivity contribution in [1.82, 2.24) is 4.98 Å². The Bertz CT molecular complexity index is 513. The van der Waals surface area contributed by atoms with Gasteiger partial charge in [0.25, 0.3) is 0 Å². The van der Waals surface area contributed by atoms with E-state index in [1.54, 1.807) is 0 Å². The summed E-state index contributed by atoms with van der Waals surface area (Å²) in [6.45, 7) is 4.32. The third-order valence-corrected chi connectivity index (χ3v) is 4.94. The molecular weight excluding hydrogens is 262 g/mol. The van der Waals surface area contributed by atoms with Crippen molar-refractivity contribution >= 4 is 5.82 Å². The number of aliphatic hydroxyl groups is 1. The highest BCUT2D eigenvalue weighted by Crippen LogP contribution is 2.30. The molecule has 4 nitrogen and oxygen atoms in total. The molecule has 1 aromatic rings. The van der Waals surface area contributed by atoms with Gasteiger partial charge in [-0.25, -0.2) is 4.98 Å². The van der Waals surface area contributed by atoms with Gasteiger partial charge in [0.15, 0.2) is 0 Å². The Morgan fingerprint density at radius 3 is 2.86 bits per heavy atom. The van der Waals surface area contributed by atoms with E-state index in [0.717, 1.165) is 56.6 Å². The molecule has 1 aliphatic heterocycles. The second-order valence-electron chi connectivity index (χ2n) is 6.83. The molecule has 3 rings (SSSR count). The largest absolute Gasteiger partial charge is 0.390 e. The van der Waals surface area contributed by atoms with E-state index in [4.69, 9.17) is 10.7 Å². The minimum absolute atomic E-state index is 0.536. The third-order valence-electron chi connectivity index (χ3n) is 4.94. The summed E-state index contributed by atoms with van der Waals surface area (Å²) in [4.78, 5) is 7.29. The minimum atomic E-state index is -0.536. The quantitative estimate of drug-likeness (QED) is 0.876. The lowest BCUT2D eigenvalue weighted by Crippen LogP contribution is -2.30. The average Bonchev–Trinajstić information content (AvgIpc) is 2.66. The average molecular weight is 289 g/mol. The van der Waals surface area contributed by atoms with Gasteiger partial charge in [-0.15, -0.1) is 0 Å². The monoisotopic (exact) mass is 289 g/mol. The Labute approximate surface area is 127 Å². The topological polar surface area (TPSA) is 62.4 Å². The molecule has 21 heavy (non-hydrogen) atoms. The van der Waals surface area contributed by atoms with Gasteiger partial charge in [-0.1, -0.05) is 0 Å². The van der Waals surface area contributed by atoms with Gasteiger partial charge in [0.1, 0.15) is 5.82 Å². The molecule has 0 saturated carbocycles. The zero-order chi connectivity index (χ0) is 14.9. The lowest BCUT2D eigenvalue weighted by molar-refractivity contribution is 0.0481. The van der Waals surface area contributed by atoms with Crippen LogP contribution in [0.5, 0.6) is 0 Å². The van der Waals surface area contributed by atoms with E-state index in [0.29, 0.717) is 6.54 Å². The molecule has 1 fully saturated rings. The standard InChI is InChI=1S/C17H27N3O/c1-17(21)7-4-9-20(10-8-17)16-14(12-18)11-13-5-2-3-6-15(13)19-16/h11,21H,2-10,12,18H2,1H3. The van der Waals surface area contributed by atoms with Crippen molar-refractivity contribution in [3.63, 3.8) is 0 Å².